The van der Waals surface area contributed by atoms with Crippen LogP contribution < -0.4 is 10.2 Å². The number of nitrogens with zero attached hydrogens (tertiary/aromatic N) is 2. The van der Waals surface area contributed by atoms with E-state index in [0.29, 0.717) is 13.1 Å². The summed E-state index contributed by atoms with van der Waals surface area (Å²) in [6, 6.07) is 12.3. The Hall–Kier alpha value is -2.60. The molecule has 0 spiro atoms. The number of hydrogen-bond donors (Lipinski definition) is 2. The molecule has 2 heterocycles. The smallest absolute Gasteiger partial charge is 0.223 e. The van der Waals surface area contributed by atoms with Gasteiger partial charge >= 0.3 is 0 Å². The van der Waals surface area contributed by atoms with E-state index in [4.69, 9.17) is 0 Å². The zero-order chi connectivity index (χ0) is 21.5. The highest BCUT2D eigenvalue weighted by atomic mass is 16.2. The summed E-state index contributed by atoms with van der Waals surface area (Å²) in [5.41, 5.74) is 3.46. The lowest BCUT2D eigenvalue weighted by Crippen LogP contribution is -3.12. The minimum Gasteiger partial charge on any atom is -0.350 e. The second kappa shape index (κ2) is 10.4. The van der Waals surface area contributed by atoms with E-state index in [1.807, 2.05) is 23.1 Å². The Morgan fingerprint density at radius 3 is 2.57 bits per heavy atom. The second-order valence-electron chi connectivity index (χ2n) is 8.03. The number of nitrogens with one attached hydrogen (secondary N) is 2. The SMILES string of the molecule is CC[NH+](CC)CCNC(=O)CCC(=O)N1CCn2cccc2[C@H]1c1ccccc1C. The van der Waals surface area contributed by atoms with Crippen molar-refractivity contribution in [1.82, 2.24) is 14.8 Å². The minimum atomic E-state index is -0.100. The van der Waals surface area contributed by atoms with Crippen molar-refractivity contribution in [1.29, 1.82) is 0 Å². The summed E-state index contributed by atoms with van der Waals surface area (Å²) in [5, 5.41) is 2.97. The number of likely N-dealkylation sites (N-methyl/N-ethyl adjacent to an activating group) is 1. The van der Waals surface area contributed by atoms with Gasteiger partial charge < -0.3 is 19.7 Å². The zero-order valence-corrected chi connectivity index (χ0v) is 18.5. The molecule has 2 N–H and O–H groups in total. The predicted molar refractivity (Wildman–Crippen MR) is 118 cm³/mol. The lowest BCUT2D eigenvalue weighted by molar-refractivity contribution is -0.895. The number of fused-ring (bicyclic) bond motifs is 1. The molecule has 30 heavy (non-hydrogen) atoms. The summed E-state index contributed by atoms with van der Waals surface area (Å²) in [6.07, 6.45) is 2.56. The normalized spacial score (nSPS) is 15.9. The van der Waals surface area contributed by atoms with Gasteiger partial charge in [-0.25, -0.2) is 0 Å². The lowest BCUT2D eigenvalue weighted by atomic mass is 9.95. The maximum absolute atomic E-state index is 13.1. The number of hydrogen-bond acceptors (Lipinski definition) is 2. The van der Waals surface area contributed by atoms with E-state index in [0.717, 1.165) is 37.4 Å². The number of quaternary nitrogens is 1. The highest BCUT2D eigenvalue weighted by Crippen LogP contribution is 2.34. The first-order valence-corrected chi connectivity index (χ1v) is 11.1. The average molecular weight is 412 g/mol. The van der Waals surface area contributed by atoms with Gasteiger partial charge in [0.05, 0.1) is 32.2 Å². The second-order valence-corrected chi connectivity index (χ2v) is 8.03. The van der Waals surface area contributed by atoms with Crippen molar-refractivity contribution < 1.29 is 14.5 Å². The van der Waals surface area contributed by atoms with Crippen LogP contribution in [-0.2, 0) is 16.1 Å². The monoisotopic (exact) mass is 411 g/mol. The van der Waals surface area contributed by atoms with Crippen molar-refractivity contribution in [3.8, 4) is 0 Å². The van der Waals surface area contributed by atoms with Crippen LogP contribution in [0.2, 0.25) is 0 Å². The fourth-order valence-corrected chi connectivity index (χ4v) is 4.31. The molecule has 1 aliphatic rings. The Bertz CT molecular complexity index is 856. The maximum atomic E-state index is 13.1. The summed E-state index contributed by atoms with van der Waals surface area (Å²) in [4.78, 5) is 28.8. The number of carbonyl (C=O) groups is 2. The average Bonchev–Trinajstić information content (AvgIpc) is 3.24. The largest absolute Gasteiger partial charge is 0.350 e. The van der Waals surface area contributed by atoms with Crippen molar-refractivity contribution in [2.24, 2.45) is 0 Å². The van der Waals surface area contributed by atoms with Crippen LogP contribution in [0.1, 0.15) is 49.6 Å². The molecule has 2 amide bonds. The molecule has 0 aliphatic carbocycles. The van der Waals surface area contributed by atoms with Gasteiger partial charge in [-0.2, -0.15) is 0 Å². The molecular weight excluding hydrogens is 376 g/mol. The van der Waals surface area contributed by atoms with E-state index in [1.165, 1.54) is 10.5 Å². The molecule has 1 aliphatic heterocycles. The molecule has 162 valence electrons. The van der Waals surface area contributed by atoms with Crippen LogP contribution in [0.5, 0.6) is 0 Å². The summed E-state index contributed by atoms with van der Waals surface area (Å²) in [5.74, 6) is 0.00273. The van der Waals surface area contributed by atoms with E-state index >= 15 is 0 Å². The number of aromatic nitrogens is 1. The van der Waals surface area contributed by atoms with Gasteiger partial charge in [0.1, 0.15) is 0 Å². The molecule has 2 aromatic rings. The molecule has 0 fully saturated rings. The van der Waals surface area contributed by atoms with Crippen molar-refractivity contribution >= 4 is 11.8 Å². The first kappa shape index (κ1) is 22.1. The van der Waals surface area contributed by atoms with Crippen LogP contribution in [-0.4, -0.2) is 54.0 Å². The maximum Gasteiger partial charge on any atom is 0.223 e. The Labute approximate surface area is 179 Å². The molecule has 0 bridgehead atoms. The van der Waals surface area contributed by atoms with Gasteiger partial charge in [0.2, 0.25) is 11.8 Å². The van der Waals surface area contributed by atoms with Crippen molar-refractivity contribution in [3.05, 3.63) is 59.4 Å². The van der Waals surface area contributed by atoms with Gasteiger partial charge in [0.15, 0.2) is 0 Å². The summed E-state index contributed by atoms with van der Waals surface area (Å²) in [7, 11) is 0. The molecule has 3 rings (SSSR count). The Morgan fingerprint density at radius 1 is 1.07 bits per heavy atom. The fraction of sp³-hybridized carbons (Fsp3) is 0.500. The highest BCUT2D eigenvalue weighted by Gasteiger charge is 2.32. The molecular formula is C24H35N4O2+. The van der Waals surface area contributed by atoms with Gasteiger partial charge in [-0.1, -0.05) is 24.3 Å². The van der Waals surface area contributed by atoms with Crippen LogP contribution >= 0.6 is 0 Å². The quantitative estimate of drug-likeness (QED) is 0.658. The van der Waals surface area contributed by atoms with E-state index in [9.17, 15) is 9.59 Å². The van der Waals surface area contributed by atoms with Crippen LogP contribution in [0.25, 0.3) is 0 Å². The van der Waals surface area contributed by atoms with Crippen LogP contribution in [0, 0.1) is 6.92 Å². The van der Waals surface area contributed by atoms with Gasteiger partial charge in [-0.3, -0.25) is 9.59 Å². The lowest BCUT2D eigenvalue weighted by Gasteiger charge is -2.38. The van der Waals surface area contributed by atoms with Crippen LogP contribution in [0.4, 0.5) is 0 Å². The standard InChI is InChI=1S/C24H34N4O2/c1-4-26(5-2)16-14-25-22(29)12-13-23(30)28-18-17-27-15-8-11-21(27)24(28)20-10-7-6-9-19(20)3/h6-11,15,24H,4-5,12-14,16-18H2,1-3H3,(H,25,29)/p+1/t24-/m1/s1. The number of rotatable bonds is 9. The third kappa shape index (κ3) is 5.11. The fourth-order valence-electron chi connectivity index (χ4n) is 4.31. The third-order valence-corrected chi connectivity index (χ3v) is 6.21. The third-order valence-electron chi connectivity index (χ3n) is 6.21. The molecule has 0 radical (unpaired) electrons. The molecule has 6 heteroatoms. The van der Waals surface area contributed by atoms with E-state index in [2.05, 4.69) is 55.1 Å². The van der Waals surface area contributed by atoms with E-state index < -0.39 is 0 Å². The zero-order valence-electron chi connectivity index (χ0n) is 18.5. The number of benzene rings is 1. The Balaban J connectivity index is 1.63. The van der Waals surface area contributed by atoms with E-state index in [-0.39, 0.29) is 30.7 Å². The first-order chi connectivity index (χ1) is 14.5. The molecule has 1 atom stereocenters. The molecule has 1 aromatic heterocycles. The van der Waals surface area contributed by atoms with Gasteiger partial charge in [-0.15, -0.1) is 0 Å². The van der Waals surface area contributed by atoms with Crippen molar-refractivity contribution in [3.63, 3.8) is 0 Å². The van der Waals surface area contributed by atoms with E-state index in [1.54, 1.807) is 0 Å². The van der Waals surface area contributed by atoms with Crippen molar-refractivity contribution in [2.75, 3.05) is 32.7 Å². The molecule has 0 saturated heterocycles. The highest BCUT2D eigenvalue weighted by molar-refractivity contribution is 5.84. The number of aryl methyl sites for hydroxylation is 1. The Kier molecular flexibility index (Phi) is 7.69. The van der Waals surface area contributed by atoms with Gasteiger partial charge in [0, 0.05) is 37.8 Å². The van der Waals surface area contributed by atoms with Gasteiger partial charge in [-0.05, 0) is 44.0 Å². The topological polar surface area (TPSA) is 58.8 Å². The number of carbonyl (C=O) groups excluding carboxylic acids is 2. The predicted octanol–water partition coefficient (Wildman–Crippen LogP) is 1.55. The van der Waals surface area contributed by atoms with Crippen LogP contribution in [0.3, 0.4) is 0 Å². The van der Waals surface area contributed by atoms with Gasteiger partial charge in [0.25, 0.3) is 0 Å². The number of amides is 2. The molecule has 0 unspecified atom stereocenters. The van der Waals surface area contributed by atoms with Crippen molar-refractivity contribution in [2.45, 2.75) is 46.2 Å². The molecule has 6 nitrogen and oxygen atoms in total. The Morgan fingerprint density at radius 2 is 1.83 bits per heavy atom. The molecule has 1 aromatic carbocycles. The summed E-state index contributed by atoms with van der Waals surface area (Å²) in [6.45, 7) is 11.5. The minimum absolute atomic E-state index is 0.0391. The molecule has 0 saturated carbocycles. The summed E-state index contributed by atoms with van der Waals surface area (Å²) >= 11 is 0. The summed E-state index contributed by atoms with van der Waals surface area (Å²) < 4.78 is 2.23. The van der Waals surface area contributed by atoms with Crippen LogP contribution in [0.15, 0.2) is 42.6 Å². The first-order valence-electron chi connectivity index (χ1n) is 11.1.